The van der Waals surface area contributed by atoms with Crippen LogP contribution in [0.3, 0.4) is 0 Å². The molecule has 0 saturated carbocycles. The lowest BCUT2D eigenvalue weighted by molar-refractivity contribution is -0.122. The largest absolute Gasteiger partial charge is 0.379 e. The molecule has 0 aromatic heterocycles. The van der Waals surface area contributed by atoms with Gasteiger partial charge in [0, 0.05) is 19.6 Å². The summed E-state index contributed by atoms with van der Waals surface area (Å²) in [6.45, 7) is 6.18. The van der Waals surface area contributed by atoms with Crippen molar-refractivity contribution in [3.8, 4) is 0 Å². The molecular formula is C18H27ClFN3O4S. The number of amides is 1. The van der Waals surface area contributed by atoms with Gasteiger partial charge in [-0.15, -0.1) is 0 Å². The molecule has 0 aliphatic carbocycles. The highest BCUT2D eigenvalue weighted by Crippen LogP contribution is 2.27. The Labute approximate surface area is 170 Å². The van der Waals surface area contributed by atoms with Crippen LogP contribution < -0.4 is 9.62 Å². The van der Waals surface area contributed by atoms with Crippen LogP contribution in [0.5, 0.6) is 0 Å². The number of nitrogens with zero attached hydrogens (tertiary/aromatic N) is 2. The Morgan fingerprint density at radius 1 is 1.39 bits per heavy atom. The van der Waals surface area contributed by atoms with Crippen LogP contribution in [-0.4, -0.2) is 70.9 Å². The third kappa shape index (κ3) is 6.30. The summed E-state index contributed by atoms with van der Waals surface area (Å²) in [6, 6.07) is 2.66. The van der Waals surface area contributed by atoms with Gasteiger partial charge >= 0.3 is 0 Å². The fraction of sp³-hybridized carbons (Fsp3) is 0.611. The van der Waals surface area contributed by atoms with Crippen LogP contribution in [0.4, 0.5) is 10.1 Å². The molecule has 0 bridgehead atoms. The molecule has 28 heavy (non-hydrogen) atoms. The molecule has 2 rings (SSSR count). The van der Waals surface area contributed by atoms with Crippen LogP contribution in [-0.2, 0) is 19.6 Å². The van der Waals surface area contributed by atoms with Crippen LogP contribution in [0.25, 0.3) is 0 Å². The van der Waals surface area contributed by atoms with E-state index in [4.69, 9.17) is 16.3 Å². The van der Waals surface area contributed by atoms with Crippen LogP contribution in [0, 0.1) is 5.82 Å². The smallest absolute Gasteiger partial charge is 0.243 e. The van der Waals surface area contributed by atoms with Crippen molar-refractivity contribution in [2.75, 3.05) is 50.0 Å². The summed E-state index contributed by atoms with van der Waals surface area (Å²) < 4.78 is 44.5. The Hall–Kier alpha value is -1.42. The fourth-order valence-corrected chi connectivity index (χ4v) is 4.52. The first kappa shape index (κ1) is 22.9. The zero-order valence-electron chi connectivity index (χ0n) is 16.2. The molecule has 1 saturated heterocycles. The summed E-state index contributed by atoms with van der Waals surface area (Å²) in [4.78, 5) is 14.9. The molecule has 0 unspecified atom stereocenters. The number of nitrogens with one attached hydrogen (secondary N) is 1. The summed E-state index contributed by atoms with van der Waals surface area (Å²) in [6.07, 6.45) is 2.03. The summed E-state index contributed by atoms with van der Waals surface area (Å²) >= 11 is 5.80. The second-order valence-corrected chi connectivity index (χ2v) is 8.95. The average molecular weight is 436 g/mol. The maximum atomic E-state index is 13.5. The Morgan fingerprint density at radius 2 is 2.07 bits per heavy atom. The maximum Gasteiger partial charge on any atom is 0.243 e. The second kappa shape index (κ2) is 10.4. The van der Waals surface area contributed by atoms with Gasteiger partial charge in [-0.3, -0.25) is 14.0 Å². The van der Waals surface area contributed by atoms with E-state index >= 15 is 0 Å². The average Bonchev–Trinajstić information content (AvgIpc) is 2.65. The summed E-state index contributed by atoms with van der Waals surface area (Å²) in [5.41, 5.74) is 0.157. The Kier molecular flexibility index (Phi) is 8.48. The van der Waals surface area contributed by atoms with Crippen molar-refractivity contribution < 1.29 is 22.3 Å². The third-order valence-corrected chi connectivity index (χ3v) is 6.01. The van der Waals surface area contributed by atoms with Gasteiger partial charge in [0.1, 0.15) is 11.9 Å². The number of morpholine rings is 1. The van der Waals surface area contributed by atoms with E-state index in [2.05, 4.69) is 10.2 Å². The highest BCUT2D eigenvalue weighted by atomic mass is 35.5. The van der Waals surface area contributed by atoms with Gasteiger partial charge in [-0.25, -0.2) is 12.8 Å². The van der Waals surface area contributed by atoms with Crippen LogP contribution in [0.15, 0.2) is 18.2 Å². The van der Waals surface area contributed by atoms with Crippen molar-refractivity contribution in [1.82, 2.24) is 10.2 Å². The van der Waals surface area contributed by atoms with Gasteiger partial charge in [-0.2, -0.15) is 0 Å². The van der Waals surface area contributed by atoms with Crippen LogP contribution in [0.2, 0.25) is 5.02 Å². The highest BCUT2D eigenvalue weighted by Gasteiger charge is 2.31. The summed E-state index contributed by atoms with van der Waals surface area (Å²) in [5, 5.41) is 2.61. The molecule has 10 heteroatoms. The number of hydrogen-bond donors (Lipinski definition) is 1. The van der Waals surface area contributed by atoms with Crippen molar-refractivity contribution in [1.29, 1.82) is 0 Å². The monoisotopic (exact) mass is 435 g/mol. The van der Waals surface area contributed by atoms with E-state index in [0.29, 0.717) is 19.8 Å². The van der Waals surface area contributed by atoms with Gasteiger partial charge in [0.05, 0.1) is 30.2 Å². The predicted molar refractivity (Wildman–Crippen MR) is 108 cm³/mol. The fourth-order valence-electron chi connectivity index (χ4n) is 3.14. The van der Waals surface area contributed by atoms with Crippen molar-refractivity contribution in [2.24, 2.45) is 0 Å². The van der Waals surface area contributed by atoms with Crippen molar-refractivity contribution in [2.45, 2.75) is 25.8 Å². The lowest BCUT2D eigenvalue weighted by Gasteiger charge is -2.30. The van der Waals surface area contributed by atoms with Gasteiger partial charge in [0.25, 0.3) is 0 Å². The summed E-state index contributed by atoms with van der Waals surface area (Å²) in [5.74, 6) is -1.05. The number of benzene rings is 1. The van der Waals surface area contributed by atoms with Crippen molar-refractivity contribution >= 4 is 33.2 Å². The highest BCUT2D eigenvalue weighted by molar-refractivity contribution is 7.92. The van der Waals surface area contributed by atoms with Gasteiger partial charge < -0.3 is 10.1 Å². The number of carbonyl (C=O) groups is 1. The predicted octanol–water partition coefficient (Wildman–Crippen LogP) is 1.86. The van der Waals surface area contributed by atoms with Gasteiger partial charge in [-0.1, -0.05) is 18.5 Å². The normalized spacial score (nSPS) is 16.6. The lowest BCUT2D eigenvalue weighted by Crippen LogP contribution is -2.49. The van der Waals surface area contributed by atoms with E-state index in [1.807, 2.05) is 0 Å². The molecule has 1 aliphatic rings. The van der Waals surface area contributed by atoms with E-state index in [1.165, 1.54) is 12.1 Å². The molecule has 0 spiro atoms. The van der Waals surface area contributed by atoms with E-state index in [1.54, 1.807) is 6.92 Å². The number of sulfonamides is 1. The second-order valence-electron chi connectivity index (χ2n) is 6.68. The molecule has 158 valence electrons. The summed E-state index contributed by atoms with van der Waals surface area (Å²) in [7, 11) is -3.78. The number of rotatable bonds is 9. The topological polar surface area (TPSA) is 79.0 Å². The Morgan fingerprint density at radius 3 is 2.64 bits per heavy atom. The number of halogens is 2. The SMILES string of the molecule is CC[C@H](C(=O)NCCCN1CCOCC1)N(c1ccc(F)c(Cl)c1)S(C)(=O)=O. The van der Waals surface area contributed by atoms with Gasteiger partial charge in [-0.05, 0) is 37.6 Å². The molecule has 7 nitrogen and oxygen atoms in total. The standard InChI is InChI=1S/C18H27ClFN3O4S/c1-3-17(18(24)21-7-4-8-22-9-11-27-12-10-22)23(28(2,25)26)14-5-6-16(20)15(19)13-14/h5-6,13,17H,3-4,7-12H2,1-2H3,(H,21,24)/t17-/m1/s1. The van der Waals surface area contributed by atoms with E-state index in [0.717, 1.165) is 42.7 Å². The first-order valence-corrected chi connectivity index (χ1v) is 11.5. The van der Waals surface area contributed by atoms with Crippen LogP contribution >= 0.6 is 11.6 Å². The van der Waals surface area contributed by atoms with E-state index in [9.17, 15) is 17.6 Å². The zero-order chi connectivity index (χ0) is 20.7. The molecule has 1 heterocycles. The first-order valence-electron chi connectivity index (χ1n) is 9.26. The third-order valence-electron chi connectivity index (χ3n) is 4.54. The molecule has 1 aromatic rings. The number of anilines is 1. The minimum Gasteiger partial charge on any atom is -0.379 e. The Bertz CT molecular complexity index is 772. The quantitative estimate of drug-likeness (QED) is 0.599. The number of hydrogen-bond acceptors (Lipinski definition) is 5. The molecule has 1 atom stereocenters. The van der Waals surface area contributed by atoms with E-state index in [-0.39, 0.29) is 17.1 Å². The van der Waals surface area contributed by atoms with Gasteiger partial charge in [0.15, 0.2) is 0 Å². The van der Waals surface area contributed by atoms with Crippen molar-refractivity contribution in [3.05, 3.63) is 29.0 Å². The number of carbonyl (C=O) groups excluding carboxylic acids is 1. The zero-order valence-corrected chi connectivity index (χ0v) is 17.7. The molecular weight excluding hydrogens is 409 g/mol. The van der Waals surface area contributed by atoms with E-state index < -0.39 is 27.8 Å². The van der Waals surface area contributed by atoms with Crippen LogP contribution in [0.1, 0.15) is 19.8 Å². The molecule has 1 aromatic carbocycles. The maximum absolute atomic E-state index is 13.5. The number of ether oxygens (including phenoxy) is 1. The molecule has 1 aliphatic heterocycles. The molecule has 0 radical (unpaired) electrons. The molecule has 1 N–H and O–H groups in total. The first-order chi connectivity index (χ1) is 13.2. The lowest BCUT2D eigenvalue weighted by atomic mass is 10.2. The van der Waals surface area contributed by atoms with Gasteiger partial charge in [0.2, 0.25) is 15.9 Å². The Balaban J connectivity index is 2.03. The van der Waals surface area contributed by atoms with Crippen molar-refractivity contribution in [3.63, 3.8) is 0 Å². The minimum atomic E-state index is -3.78. The minimum absolute atomic E-state index is 0.157. The molecule has 1 amide bonds. The molecule has 1 fully saturated rings.